The van der Waals surface area contributed by atoms with Gasteiger partial charge in [0, 0.05) is 8.07 Å². The van der Waals surface area contributed by atoms with E-state index >= 15 is 0 Å². The summed E-state index contributed by atoms with van der Waals surface area (Å²) in [6.45, 7) is 6.01. The zero-order chi connectivity index (χ0) is 14.5. The van der Waals surface area contributed by atoms with E-state index in [1.807, 2.05) is 24.3 Å². The first-order chi connectivity index (χ1) is 9.65. The van der Waals surface area contributed by atoms with Gasteiger partial charge in [-0.1, -0.05) is 38.1 Å². The van der Waals surface area contributed by atoms with Crippen LogP contribution in [-0.4, -0.2) is 17.8 Å². The summed E-state index contributed by atoms with van der Waals surface area (Å²) in [6.07, 6.45) is 0. The second kappa shape index (κ2) is 6.92. The van der Waals surface area contributed by atoms with Crippen LogP contribution < -0.4 is 10.6 Å². The molecule has 4 heteroatoms. The fourth-order valence-corrected chi connectivity index (χ4v) is 4.53. The predicted molar refractivity (Wildman–Crippen MR) is 81.9 cm³/mol. The van der Waals surface area contributed by atoms with Gasteiger partial charge in [0.25, 0.3) is 0 Å². The summed E-state index contributed by atoms with van der Waals surface area (Å²) in [7, 11) is -0.739. The van der Waals surface area contributed by atoms with Gasteiger partial charge in [-0.2, -0.15) is 0 Å². The molecule has 0 N–H and O–H groups in total. The largest absolute Gasteiger partial charge is 0.275 e. The van der Waals surface area contributed by atoms with Crippen molar-refractivity contribution in [1.82, 2.24) is 4.67 Å². The molecule has 2 aromatic rings. The normalized spacial score (nSPS) is 11.3. The van der Waals surface area contributed by atoms with Crippen LogP contribution in [0.5, 0.6) is 0 Å². The van der Waals surface area contributed by atoms with E-state index in [9.17, 15) is 8.78 Å². The van der Waals surface area contributed by atoms with Gasteiger partial charge in [0.15, 0.2) is 0 Å². The van der Waals surface area contributed by atoms with Crippen molar-refractivity contribution in [3.8, 4) is 0 Å². The maximum absolute atomic E-state index is 13.1. The first-order valence-electron chi connectivity index (χ1n) is 6.71. The van der Waals surface area contributed by atoms with Crippen molar-refractivity contribution in [3.05, 3.63) is 60.2 Å². The maximum atomic E-state index is 13.1. The first kappa shape index (κ1) is 15.1. The monoisotopic (exact) mass is 293 g/mol. The topological polar surface area (TPSA) is 3.24 Å². The molecular formula is C16H18F2NP. The van der Waals surface area contributed by atoms with Crippen molar-refractivity contribution in [1.29, 1.82) is 0 Å². The molecule has 0 atom stereocenters. The molecule has 0 aromatic heterocycles. The minimum Gasteiger partial charge on any atom is -0.275 e. The van der Waals surface area contributed by atoms with Crippen LogP contribution in [0.25, 0.3) is 0 Å². The summed E-state index contributed by atoms with van der Waals surface area (Å²) in [5.74, 6) is -0.468. The van der Waals surface area contributed by atoms with Gasteiger partial charge in [-0.3, -0.25) is 4.67 Å². The van der Waals surface area contributed by atoms with Crippen molar-refractivity contribution >= 4 is 18.7 Å². The molecule has 106 valence electrons. The SMILES string of the molecule is CCN(CC)P(c1ccc(F)cc1)c1ccc(F)cc1. The molecule has 0 unspecified atom stereocenters. The lowest BCUT2D eigenvalue weighted by atomic mass is 10.3. The molecule has 0 bridgehead atoms. The molecule has 0 saturated carbocycles. The molecular weight excluding hydrogens is 275 g/mol. The third-order valence-electron chi connectivity index (χ3n) is 3.16. The van der Waals surface area contributed by atoms with Gasteiger partial charge < -0.3 is 0 Å². The van der Waals surface area contributed by atoms with Crippen LogP contribution >= 0.6 is 8.07 Å². The van der Waals surface area contributed by atoms with E-state index in [4.69, 9.17) is 0 Å². The van der Waals surface area contributed by atoms with Gasteiger partial charge in [0.2, 0.25) is 0 Å². The Kier molecular flexibility index (Phi) is 5.22. The molecule has 2 aromatic carbocycles. The van der Waals surface area contributed by atoms with E-state index in [0.717, 1.165) is 23.7 Å². The highest BCUT2D eigenvalue weighted by atomic mass is 31.1. The van der Waals surface area contributed by atoms with Crippen molar-refractivity contribution in [2.75, 3.05) is 13.1 Å². The van der Waals surface area contributed by atoms with Gasteiger partial charge >= 0.3 is 0 Å². The van der Waals surface area contributed by atoms with Crippen LogP contribution in [0.2, 0.25) is 0 Å². The Labute approximate surface area is 120 Å². The molecule has 0 radical (unpaired) electrons. The zero-order valence-electron chi connectivity index (χ0n) is 11.7. The lowest BCUT2D eigenvalue weighted by Gasteiger charge is -2.30. The summed E-state index contributed by atoms with van der Waals surface area (Å²) in [5, 5.41) is 2.16. The lowest BCUT2D eigenvalue weighted by Crippen LogP contribution is -2.28. The standard InChI is InChI=1S/C16H18F2NP/c1-3-19(4-2)20(15-9-5-13(17)6-10-15)16-11-7-14(18)8-12-16/h5-12H,3-4H2,1-2H3. The van der Waals surface area contributed by atoms with Gasteiger partial charge in [0.1, 0.15) is 11.6 Å². The molecule has 0 amide bonds. The van der Waals surface area contributed by atoms with E-state index in [1.165, 1.54) is 24.3 Å². The summed E-state index contributed by atoms with van der Waals surface area (Å²) in [5.41, 5.74) is 0. The van der Waals surface area contributed by atoms with Gasteiger partial charge in [-0.25, -0.2) is 8.78 Å². The lowest BCUT2D eigenvalue weighted by molar-refractivity contribution is 0.514. The highest BCUT2D eigenvalue weighted by Gasteiger charge is 2.20. The Morgan fingerprint density at radius 3 is 1.40 bits per heavy atom. The summed E-state index contributed by atoms with van der Waals surface area (Å²) < 4.78 is 28.6. The molecule has 20 heavy (non-hydrogen) atoms. The Balaban J connectivity index is 2.43. The maximum Gasteiger partial charge on any atom is 0.123 e. The average Bonchev–Trinajstić information content (AvgIpc) is 2.47. The Hall–Kier alpha value is -1.31. The van der Waals surface area contributed by atoms with Crippen LogP contribution in [0.1, 0.15) is 13.8 Å². The highest BCUT2D eigenvalue weighted by molar-refractivity contribution is 7.70. The molecule has 0 saturated heterocycles. The van der Waals surface area contributed by atoms with Crippen LogP contribution in [0, 0.1) is 11.6 Å². The van der Waals surface area contributed by atoms with Crippen LogP contribution in [0.4, 0.5) is 8.78 Å². The number of halogens is 2. The minimum absolute atomic E-state index is 0.234. The fourth-order valence-electron chi connectivity index (χ4n) is 2.15. The predicted octanol–water partition coefficient (Wildman–Crippen LogP) is 3.65. The first-order valence-corrected chi connectivity index (χ1v) is 8.01. The summed E-state index contributed by atoms with van der Waals surface area (Å²) in [4.78, 5) is 0. The number of nitrogens with zero attached hydrogens (tertiary/aromatic N) is 1. The van der Waals surface area contributed by atoms with E-state index < -0.39 is 8.07 Å². The molecule has 0 aliphatic carbocycles. The second-order valence-corrected chi connectivity index (χ2v) is 6.63. The quantitative estimate of drug-likeness (QED) is 0.761. The molecule has 1 nitrogen and oxygen atoms in total. The fraction of sp³-hybridized carbons (Fsp3) is 0.250. The molecule has 2 rings (SSSR count). The van der Waals surface area contributed by atoms with E-state index in [2.05, 4.69) is 18.5 Å². The smallest absolute Gasteiger partial charge is 0.123 e. The number of rotatable bonds is 5. The number of benzene rings is 2. The average molecular weight is 293 g/mol. The van der Waals surface area contributed by atoms with Crippen molar-refractivity contribution in [2.45, 2.75) is 13.8 Å². The summed E-state index contributed by atoms with van der Waals surface area (Å²) in [6, 6.07) is 13.2. The van der Waals surface area contributed by atoms with E-state index in [1.54, 1.807) is 0 Å². The number of hydrogen-bond acceptors (Lipinski definition) is 1. The third-order valence-corrected chi connectivity index (χ3v) is 5.86. The van der Waals surface area contributed by atoms with Gasteiger partial charge in [-0.15, -0.1) is 0 Å². The second-order valence-electron chi connectivity index (χ2n) is 4.40. The Morgan fingerprint density at radius 1 is 0.750 bits per heavy atom. The van der Waals surface area contributed by atoms with E-state index in [-0.39, 0.29) is 11.6 Å². The van der Waals surface area contributed by atoms with Crippen molar-refractivity contribution in [3.63, 3.8) is 0 Å². The Morgan fingerprint density at radius 2 is 1.10 bits per heavy atom. The molecule has 0 fully saturated rings. The van der Waals surface area contributed by atoms with Crippen molar-refractivity contribution in [2.24, 2.45) is 0 Å². The molecule has 0 aliphatic rings. The summed E-state index contributed by atoms with van der Waals surface area (Å²) >= 11 is 0. The molecule has 0 aliphatic heterocycles. The zero-order valence-corrected chi connectivity index (χ0v) is 12.6. The van der Waals surface area contributed by atoms with E-state index in [0.29, 0.717) is 0 Å². The van der Waals surface area contributed by atoms with Gasteiger partial charge in [0.05, 0.1) is 0 Å². The minimum atomic E-state index is -0.739. The van der Waals surface area contributed by atoms with Crippen LogP contribution in [-0.2, 0) is 0 Å². The highest BCUT2D eigenvalue weighted by Crippen LogP contribution is 2.37. The van der Waals surface area contributed by atoms with Crippen molar-refractivity contribution < 1.29 is 8.78 Å². The third kappa shape index (κ3) is 3.41. The van der Waals surface area contributed by atoms with Gasteiger partial charge in [-0.05, 0) is 48.0 Å². The Bertz CT molecular complexity index is 490. The molecule has 0 heterocycles. The van der Waals surface area contributed by atoms with Crippen LogP contribution in [0.3, 0.4) is 0 Å². The molecule has 0 spiro atoms. The van der Waals surface area contributed by atoms with Crippen LogP contribution in [0.15, 0.2) is 48.5 Å². The number of hydrogen-bond donors (Lipinski definition) is 0.